The lowest BCUT2D eigenvalue weighted by atomic mass is 9.93. The van der Waals surface area contributed by atoms with Gasteiger partial charge in [0.25, 0.3) is 0 Å². The number of rotatable bonds is 8. The molecule has 0 unspecified atom stereocenters. The van der Waals surface area contributed by atoms with Gasteiger partial charge in [-0.25, -0.2) is 0 Å². The Labute approximate surface area is 147 Å². The van der Waals surface area contributed by atoms with E-state index in [0.29, 0.717) is 0 Å². The van der Waals surface area contributed by atoms with Crippen molar-refractivity contribution in [3.63, 3.8) is 0 Å². The second-order valence-electron chi connectivity index (χ2n) is 7.32. The molecule has 0 saturated heterocycles. The lowest BCUT2D eigenvalue weighted by Crippen LogP contribution is -2.44. The molecule has 1 aromatic rings. The van der Waals surface area contributed by atoms with Crippen LogP contribution in [0.2, 0.25) is 0 Å². The van der Waals surface area contributed by atoms with Gasteiger partial charge in [-0.15, -0.1) is 0 Å². The minimum Gasteiger partial charge on any atom is -0.357 e. The van der Waals surface area contributed by atoms with Crippen molar-refractivity contribution in [2.75, 3.05) is 26.2 Å². The van der Waals surface area contributed by atoms with E-state index in [9.17, 15) is 0 Å². The first-order chi connectivity index (χ1) is 11.9. The van der Waals surface area contributed by atoms with Crippen molar-refractivity contribution in [3.8, 4) is 0 Å². The molecule has 0 radical (unpaired) electrons. The molecule has 24 heavy (non-hydrogen) atoms. The molecule has 1 saturated carbocycles. The summed E-state index contributed by atoms with van der Waals surface area (Å²) >= 11 is 0. The molecule has 1 aliphatic carbocycles. The first kappa shape index (κ1) is 17.5. The SMILES string of the molecule is CCCCN1CCN=C1CN(Cc1ccccc1)C1CCCCC1. The molecular weight excluding hydrogens is 294 g/mol. The quantitative estimate of drug-likeness (QED) is 0.707. The summed E-state index contributed by atoms with van der Waals surface area (Å²) in [5.41, 5.74) is 1.43. The van der Waals surface area contributed by atoms with Gasteiger partial charge in [0.2, 0.25) is 0 Å². The predicted molar refractivity (Wildman–Crippen MR) is 103 cm³/mol. The molecule has 0 N–H and O–H groups in total. The molecule has 0 atom stereocenters. The maximum atomic E-state index is 4.85. The molecule has 1 heterocycles. The van der Waals surface area contributed by atoms with Crippen molar-refractivity contribution >= 4 is 5.84 Å². The van der Waals surface area contributed by atoms with E-state index in [1.165, 1.54) is 62.9 Å². The standard InChI is InChI=1S/C21H33N3/c1-2-3-15-23-16-14-22-21(23)18-24(20-12-8-5-9-13-20)17-19-10-6-4-7-11-19/h4,6-7,10-11,20H,2-3,5,8-9,12-18H2,1H3. The lowest BCUT2D eigenvalue weighted by molar-refractivity contribution is 0.165. The zero-order valence-electron chi connectivity index (χ0n) is 15.3. The molecule has 1 aliphatic heterocycles. The van der Waals surface area contributed by atoms with Crippen LogP contribution in [-0.4, -0.2) is 47.9 Å². The molecule has 0 aromatic heterocycles. The fourth-order valence-electron chi connectivity index (χ4n) is 4.03. The Kier molecular flexibility index (Phi) is 6.71. The fourth-order valence-corrected chi connectivity index (χ4v) is 4.03. The van der Waals surface area contributed by atoms with Crippen LogP contribution in [0.1, 0.15) is 57.4 Å². The van der Waals surface area contributed by atoms with Crippen molar-refractivity contribution in [2.45, 2.75) is 64.5 Å². The van der Waals surface area contributed by atoms with Gasteiger partial charge >= 0.3 is 0 Å². The molecule has 132 valence electrons. The topological polar surface area (TPSA) is 18.8 Å². The highest BCUT2D eigenvalue weighted by molar-refractivity contribution is 5.85. The normalized spacial score (nSPS) is 19.1. The maximum absolute atomic E-state index is 4.85. The lowest BCUT2D eigenvalue weighted by Gasteiger charge is -2.35. The second-order valence-corrected chi connectivity index (χ2v) is 7.32. The molecule has 1 aromatic carbocycles. The Morgan fingerprint density at radius 2 is 1.88 bits per heavy atom. The molecular formula is C21H33N3. The van der Waals surface area contributed by atoms with Crippen LogP contribution >= 0.6 is 0 Å². The minimum absolute atomic E-state index is 0.732. The van der Waals surface area contributed by atoms with Gasteiger partial charge in [-0.1, -0.05) is 62.9 Å². The van der Waals surface area contributed by atoms with E-state index < -0.39 is 0 Å². The van der Waals surface area contributed by atoms with E-state index >= 15 is 0 Å². The Morgan fingerprint density at radius 3 is 2.62 bits per heavy atom. The van der Waals surface area contributed by atoms with Crippen molar-refractivity contribution < 1.29 is 0 Å². The zero-order chi connectivity index (χ0) is 16.6. The summed E-state index contributed by atoms with van der Waals surface area (Å²) in [4.78, 5) is 10.1. The number of amidine groups is 1. The van der Waals surface area contributed by atoms with E-state index in [2.05, 4.69) is 47.1 Å². The molecule has 3 rings (SSSR count). The monoisotopic (exact) mass is 327 g/mol. The summed E-state index contributed by atoms with van der Waals surface area (Å²) in [6.45, 7) is 7.66. The first-order valence-corrected chi connectivity index (χ1v) is 9.93. The van der Waals surface area contributed by atoms with Crippen molar-refractivity contribution in [2.24, 2.45) is 4.99 Å². The Bertz CT molecular complexity index is 505. The molecule has 0 bridgehead atoms. The Hall–Kier alpha value is -1.35. The van der Waals surface area contributed by atoms with Gasteiger partial charge in [0, 0.05) is 25.7 Å². The fraction of sp³-hybridized carbons (Fsp3) is 0.667. The third-order valence-electron chi connectivity index (χ3n) is 5.47. The maximum Gasteiger partial charge on any atom is 0.113 e. The van der Waals surface area contributed by atoms with Gasteiger partial charge < -0.3 is 4.90 Å². The van der Waals surface area contributed by atoms with Crippen LogP contribution in [-0.2, 0) is 6.54 Å². The van der Waals surface area contributed by atoms with Gasteiger partial charge in [0.15, 0.2) is 0 Å². The molecule has 0 spiro atoms. The van der Waals surface area contributed by atoms with Gasteiger partial charge in [-0.05, 0) is 24.8 Å². The number of aliphatic imine (C=N–C) groups is 1. The van der Waals surface area contributed by atoms with Crippen LogP contribution in [0.3, 0.4) is 0 Å². The number of benzene rings is 1. The van der Waals surface area contributed by atoms with Crippen LogP contribution in [0.15, 0.2) is 35.3 Å². The Balaban J connectivity index is 1.67. The number of nitrogens with zero attached hydrogens (tertiary/aromatic N) is 3. The van der Waals surface area contributed by atoms with Crippen LogP contribution in [0.4, 0.5) is 0 Å². The molecule has 3 heteroatoms. The summed E-state index contributed by atoms with van der Waals surface area (Å²) in [6, 6.07) is 11.7. The van der Waals surface area contributed by atoms with E-state index in [1.54, 1.807) is 0 Å². The minimum atomic E-state index is 0.732. The summed E-state index contributed by atoms with van der Waals surface area (Å²) in [5.74, 6) is 1.34. The predicted octanol–water partition coefficient (Wildman–Crippen LogP) is 4.34. The van der Waals surface area contributed by atoms with Gasteiger partial charge in [0.1, 0.15) is 5.84 Å². The van der Waals surface area contributed by atoms with Crippen molar-refractivity contribution in [3.05, 3.63) is 35.9 Å². The van der Waals surface area contributed by atoms with E-state index in [-0.39, 0.29) is 0 Å². The number of unbranched alkanes of at least 4 members (excludes halogenated alkanes) is 1. The highest BCUT2D eigenvalue weighted by atomic mass is 15.3. The van der Waals surface area contributed by atoms with Crippen molar-refractivity contribution in [1.29, 1.82) is 0 Å². The van der Waals surface area contributed by atoms with Gasteiger partial charge in [0.05, 0.1) is 13.1 Å². The largest absolute Gasteiger partial charge is 0.357 e. The average Bonchev–Trinajstić information content (AvgIpc) is 3.08. The van der Waals surface area contributed by atoms with Crippen LogP contribution in [0.25, 0.3) is 0 Å². The Morgan fingerprint density at radius 1 is 1.08 bits per heavy atom. The first-order valence-electron chi connectivity index (χ1n) is 9.93. The number of hydrogen-bond donors (Lipinski definition) is 0. The average molecular weight is 328 g/mol. The van der Waals surface area contributed by atoms with Crippen LogP contribution < -0.4 is 0 Å². The van der Waals surface area contributed by atoms with Crippen molar-refractivity contribution in [1.82, 2.24) is 9.80 Å². The second kappa shape index (κ2) is 9.22. The van der Waals surface area contributed by atoms with Crippen LogP contribution in [0, 0.1) is 0 Å². The van der Waals surface area contributed by atoms with Gasteiger partial charge in [-0.3, -0.25) is 9.89 Å². The summed E-state index contributed by atoms with van der Waals surface area (Å²) in [6.07, 6.45) is 9.45. The molecule has 2 aliphatic rings. The van der Waals surface area contributed by atoms with Crippen LogP contribution in [0.5, 0.6) is 0 Å². The molecule has 0 amide bonds. The third-order valence-corrected chi connectivity index (χ3v) is 5.47. The smallest absolute Gasteiger partial charge is 0.113 e. The van der Waals surface area contributed by atoms with Gasteiger partial charge in [-0.2, -0.15) is 0 Å². The summed E-state index contributed by atoms with van der Waals surface area (Å²) in [5, 5.41) is 0. The summed E-state index contributed by atoms with van der Waals surface area (Å²) in [7, 11) is 0. The van der Waals surface area contributed by atoms with E-state index in [4.69, 9.17) is 4.99 Å². The number of hydrogen-bond acceptors (Lipinski definition) is 3. The van der Waals surface area contributed by atoms with E-state index in [1.807, 2.05) is 0 Å². The summed E-state index contributed by atoms with van der Waals surface area (Å²) < 4.78 is 0. The highest BCUT2D eigenvalue weighted by Gasteiger charge is 2.25. The third kappa shape index (κ3) is 4.83. The molecule has 3 nitrogen and oxygen atoms in total. The molecule has 1 fully saturated rings. The highest BCUT2D eigenvalue weighted by Crippen LogP contribution is 2.24. The van der Waals surface area contributed by atoms with E-state index in [0.717, 1.165) is 32.2 Å². The zero-order valence-corrected chi connectivity index (χ0v) is 15.3.